The van der Waals surface area contributed by atoms with Crippen molar-refractivity contribution < 1.29 is 17.9 Å². The molecule has 1 saturated carbocycles. The van der Waals surface area contributed by atoms with E-state index in [1.807, 2.05) is 0 Å². The van der Waals surface area contributed by atoms with Gasteiger partial charge in [0.1, 0.15) is 6.04 Å². The van der Waals surface area contributed by atoms with Crippen LogP contribution in [0.25, 0.3) is 0 Å². The molecule has 0 aliphatic heterocycles. The summed E-state index contributed by atoms with van der Waals surface area (Å²) in [6, 6.07) is -0.394. The lowest BCUT2D eigenvalue weighted by Crippen LogP contribution is -2.40. The third-order valence-electron chi connectivity index (χ3n) is 3.50. The molecule has 0 bridgehead atoms. The highest BCUT2D eigenvalue weighted by molar-refractivity contribution is 7.89. The lowest BCUT2D eigenvalue weighted by molar-refractivity contribution is -0.143. The normalized spacial score (nSPS) is 19.1. The van der Waals surface area contributed by atoms with Crippen LogP contribution < -0.4 is 5.32 Å². The molecule has 1 atom stereocenters. The maximum atomic E-state index is 11.7. The number of nitrogens with one attached hydrogen (secondary N) is 1. The molecule has 1 rings (SSSR count). The molecule has 0 radical (unpaired) electrons. The van der Waals surface area contributed by atoms with Gasteiger partial charge in [0.15, 0.2) is 0 Å². The minimum atomic E-state index is -3.36. The maximum absolute atomic E-state index is 11.7. The fourth-order valence-electron chi connectivity index (χ4n) is 2.53. The van der Waals surface area contributed by atoms with Crippen LogP contribution in [0.2, 0.25) is 0 Å². The Balaban J connectivity index is 2.47. The average molecular weight is 304 g/mol. The van der Waals surface area contributed by atoms with E-state index in [4.69, 9.17) is 4.74 Å². The number of hydrogen-bond acceptors (Lipinski definition) is 5. The van der Waals surface area contributed by atoms with Crippen LogP contribution in [0.4, 0.5) is 0 Å². The average Bonchev–Trinajstić information content (AvgIpc) is 2.41. The zero-order chi connectivity index (χ0) is 15.0. The summed E-state index contributed by atoms with van der Waals surface area (Å²) in [6.07, 6.45) is 9.03. The van der Waals surface area contributed by atoms with Crippen LogP contribution >= 0.6 is 0 Å². The molecule has 0 spiro atoms. The van der Waals surface area contributed by atoms with E-state index in [0.717, 1.165) is 25.5 Å². The summed E-state index contributed by atoms with van der Waals surface area (Å²) in [5.41, 5.74) is 0. The number of carbonyl (C=O) groups is 1. The number of rotatable bonds is 7. The highest BCUT2D eigenvalue weighted by atomic mass is 32.2. The Hall–Kier alpha value is -0.950. The third-order valence-corrected chi connectivity index (χ3v) is 4.03. The molecule has 116 valence electrons. The fraction of sp³-hybridized carbons (Fsp3) is 0.846. The topological polar surface area (TPSA) is 84.8 Å². The van der Waals surface area contributed by atoms with Gasteiger partial charge in [0.25, 0.3) is 0 Å². The zero-order valence-corrected chi connectivity index (χ0v) is 13.0. The molecule has 0 aromatic carbocycles. The number of methoxy groups -OCH3 is 1. The van der Waals surface area contributed by atoms with Gasteiger partial charge in [-0.2, -0.15) is 4.40 Å². The number of esters is 1. The van der Waals surface area contributed by atoms with Gasteiger partial charge in [-0.3, -0.25) is 10.1 Å². The largest absolute Gasteiger partial charge is 0.468 e. The Bertz CT molecular complexity index is 428. The second-order valence-corrected chi connectivity index (χ2v) is 6.92. The summed E-state index contributed by atoms with van der Waals surface area (Å²) in [4.78, 5) is 11.7. The highest BCUT2D eigenvalue weighted by Gasteiger charge is 2.24. The van der Waals surface area contributed by atoms with Gasteiger partial charge in [0.05, 0.1) is 13.4 Å². The van der Waals surface area contributed by atoms with Crippen molar-refractivity contribution in [3.05, 3.63) is 0 Å². The van der Waals surface area contributed by atoms with Gasteiger partial charge < -0.3 is 4.74 Å². The zero-order valence-electron chi connectivity index (χ0n) is 12.2. The van der Waals surface area contributed by atoms with Gasteiger partial charge in [-0.05, 0) is 12.3 Å². The molecular weight excluding hydrogens is 280 g/mol. The van der Waals surface area contributed by atoms with Crippen LogP contribution in [0.5, 0.6) is 0 Å². The van der Waals surface area contributed by atoms with Crippen LogP contribution in [-0.2, 0) is 19.6 Å². The van der Waals surface area contributed by atoms with Crippen LogP contribution in [-0.4, -0.2) is 46.6 Å². The van der Waals surface area contributed by atoms with Crippen LogP contribution in [0.15, 0.2) is 4.40 Å². The molecule has 0 amide bonds. The van der Waals surface area contributed by atoms with Crippen LogP contribution in [0.1, 0.15) is 38.5 Å². The van der Waals surface area contributed by atoms with Crippen molar-refractivity contribution in [3.63, 3.8) is 0 Å². The lowest BCUT2D eigenvalue weighted by Gasteiger charge is -2.25. The minimum Gasteiger partial charge on any atom is -0.468 e. The molecule has 1 unspecified atom stereocenters. The maximum Gasteiger partial charge on any atom is 0.322 e. The van der Waals surface area contributed by atoms with Crippen molar-refractivity contribution in [2.24, 2.45) is 10.3 Å². The number of nitrogens with zero attached hydrogens (tertiary/aromatic N) is 1. The van der Waals surface area contributed by atoms with Gasteiger partial charge in [-0.25, -0.2) is 8.42 Å². The molecule has 1 aliphatic rings. The predicted octanol–water partition coefficient (Wildman–Crippen LogP) is 1.12. The predicted molar refractivity (Wildman–Crippen MR) is 78.3 cm³/mol. The molecule has 0 heterocycles. The number of hydrogen-bond donors (Lipinski definition) is 1. The summed E-state index contributed by atoms with van der Waals surface area (Å²) in [5.74, 6) is 0.232. The number of sulfonamides is 1. The van der Waals surface area contributed by atoms with Gasteiger partial charge >= 0.3 is 5.97 Å². The molecule has 20 heavy (non-hydrogen) atoms. The Morgan fingerprint density at radius 1 is 1.40 bits per heavy atom. The highest BCUT2D eigenvalue weighted by Crippen LogP contribution is 2.27. The molecule has 1 N–H and O–H groups in total. The Morgan fingerprint density at radius 3 is 2.60 bits per heavy atom. The second kappa shape index (κ2) is 8.36. The quantitative estimate of drug-likeness (QED) is 0.563. The monoisotopic (exact) mass is 304 g/mol. The van der Waals surface area contributed by atoms with E-state index in [2.05, 4.69) is 9.71 Å². The van der Waals surface area contributed by atoms with Crippen molar-refractivity contribution in [1.82, 2.24) is 5.32 Å². The summed E-state index contributed by atoms with van der Waals surface area (Å²) in [7, 11) is -2.00. The molecule has 0 aromatic rings. The third kappa shape index (κ3) is 7.00. The first kappa shape index (κ1) is 17.1. The SMILES string of the molecule is COC(=O)C(CC1CCCCC1)NCC=NS(C)(=O)=O. The van der Waals surface area contributed by atoms with Crippen molar-refractivity contribution in [2.45, 2.75) is 44.6 Å². The van der Waals surface area contributed by atoms with E-state index in [-0.39, 0.29) is 12.5 Å². The molecule has 1 fully saturated rings. The molecule has 1 aliphatic carbocycles. The van der Waals surface area contributed by atoms with E-state index in [0.29, 0.717) is 5.92 Å². The number of ether oxygens (including phenoxy) is 1. The molecule has 6 nitrogen and oxygen atoms in total. The Kier molecular flexibility index (Phi) is 7.15. The summed E-state index contributed by atoms with van der Waals surface area (Å²) in [6.45, 7) is 0.236. The van der Waals surface area contributed by atoms with Gasteiger partial charge in [-0.1, -0.05) is 32.1 Å². The molecule has 0 saturated heterocycles. The Labute approximate surface area is 121 Å². The van der Waals surface area contributed by atoms with Gasteiger partial charge in [0.2, 0.25) is 10.0 Å². The van der Waals surface area contributed by atoms with Crippen molar-refractivity contribution in [2.75, 3.05) is 19.9 Å². The summed E-state index contributed by atoms with van der Waals surface area (Å²) < 4.78 is 29.9. The molecule has 7 heteroatoms. The van der Waals surface area contributed by atoms with Crippen LogP contribution in [0, 0.1) is 5.92 Å². The summed E-state index contributed by atoms with van der Waals surface area (Å²) in [5, 5.41) is 3.00. The smallest absolute Gasteiger partial charge is 0.322 e. The standard InChI is InChI=1S/C13H24N2O4S/c1-19-13(16)12(10-11-6-4-3-5-7-11)14-8-9-15-20(2,17)18/h9,11-12,14H,3-8,10H2,1-2H3. The first-order valence-electron chi connectivity index (χ1n) is 6.97. The lowest BCUT2D eigenvalue weighted by atomic mass is 9.85. The second-order valence-electron chi connectivity index (χ2n) is 5.24. The fourth-order valence-corrected chi connectivity index (χ4v) is 2.87. The van der Waals surface area contributed by atoms with Crippen molar-refractivity contribution in [1.29, 1.82) is 0 Å². The van der Waals surface area contributed by atoms with E-state index >= 15 is 0 Å². The van der Waals surface area contributed by atoms with E-state index in [1.54, 1.807) is 0 Å². The van der Waals surface area contributed by atoms with Crippen molar-refractivity contribution in [3.8, 4) is 0 Å². The van der Waals surface area contributed by atoms with E-state index in [1.165, 1.54) is 32.6 Å². The van der Waals surface area contributed by atoms with Crippen LogP contribution in [0.3, 0.4) is 0 Å². The summed E-state index contributed by atoms with van der Waals surface area (Å²) >= 11 is 0. The number of carbonyl (C=O) groups excluding carboxylic acids is 1. The molecular formula is C13H24N2O4S. The van der Waals surface area contributed by atoms with E-state index < -0.39 is 16.1 Å². The van der Waals surface area contributed by atoms with E-state index in [9.17, 15) is 13.2 Å². The van der Waals surface area contributed by atoms with Gasteiger partial charge in [-0.15, -0.1) is 0 Å². The Morgan fingerprint density at radius 2 is 2.05 bits per heavy atom. The molecule has 0 aromatic heterocycles. The minimum absolute atomic E-state index is 0.236. The first-order chi connectivity index (χ1) is 9.42. The van der Waals surface area contributed by atoms with Crippen molar-refractivity contribution >= 4 is 22.2 Å². The first-order valence-corrected chi connectivity index (χ1v) is 8.82. The van der Waals surface area contributed by atoms with Gasteiger partial charge in [0, 0.05) is 12.8 Å².